The van der Waals surface area contributed by atoms with E-state index in [1.807, 2.05) is 0 Å². The lowest BCUT2D eigenvalue weighted by Gasteiger charge is -2.42. The van der Waals surface area contributed by atoms with Crippen LogP contribution in [0, 0.1) is 5.92 Å². The molecule has 0 spiro atoms. The predicted molar refractivity (Wildman–Crippen MR) is 93.3 cm³/mol. The van der Waals surface area contributed by atoms with Crippen LogP contribution in [0.2, 0.25) is 0 Å². The molecule has 3 aromatic heterocycles. The number of rotatable bonds is 4. The molecule has 1 aliphatic carbocycles. The molecular weight excluding hydrogens is 334 g/mol. The number of aromatic nitrogens is 6. The van der Waals surface area contributed by atoms with Gasteiger partial charge in [0.15, 0.2) is 0 Å². The van der Waals surface area contributed by atoms with Crippen molar-refractivity contribution in [1.29, 1.82) is 0 Å². The van der Waals surface area contributed by atoms with Crippen LogP contribution in [0.1, 0.15) is 23.3 Å². The first-order chi connectivity index (χ1) is 12.6. The fourth-order valence-electron chi connectivity index (χ4n) is 4.11. The Morgan fingerprint density at radius 3 is 3.04 bits per heavy atom. The molecule has 3 aliphatic rings. The average Bonchev–Trinajstić information content (AvgIpc) is 3.30. The molecule has 2 bridgehead atoms. The highest BCUT2D eigenvalue weighted by Gasteiger charge is 2.57. The summed E-state index contributed by atoms with van der Waals surface area (Å²) in [7, 11) is 0. The van der Waals surface area contributed by atoms with E-state index in [9.17, 15) is 4.79 Å². The Bertz CT molecular complexity index is 961. The van der Waals surface area contributed by atoms with Crippen molar-refractivity contribution in [2.24, 2.45) is 5.92 Å². The second-order valence-electron chi connectivity index (χ2n) is 6.95. The zero-order chi connectivity index (χ0) is 17.7. The molecule has 6 rings (SSSR count). The summed E-state index contributed by atoms with van der Waals surface area (Å²) in [6, 6.07) is 1.75. The fraction of sp³-hybridized carbons (Fsp3) is 0.375. The Hall–Kier alpha value is -3.30. The van der Waals surface area contributed by atoms with Crippen LogP contribution in [-0.4, -0.2) is 54.4 Å². The maximum atomic E-state index is 12.6. The Kier molecular flexibility index (Phi) is 3.08. The molecular formula is C16H17N9O. The van der Waals surface area contributed by atoms with Gasteiger partial charge in [0.1, 0.15) is 24.0 Å². The van der Waals surface area contributed by atoms with Crippen molar-refractivity contribution in [3.8, 4) is 0 Å². The molecule has 5 heterocycles. The van der Waals surface area contributed by atoms with Crippen LogP contribution in [0.25, 0.3) is 11.0 Å². The van der Waals surface area contributed by atoms with E-state index in [4.69, 9.17) is 5.73 Å². The van der Waals surface area contributed by atoms with Gasteiger partial charge in [0.25, 0.3) is 5.91 Å². The van der Waals surface area contributed by atoms with Crippen molar-refractivity contribution in [1.82, 2.24) is 35.2 Å². The van der Waals surface area contributed by atoms with Gasteiger partial charge in [-0.05, 0) is 24.8 Å². The van der Waals surface area contributed by atoms with E-state index in [0.29, 0.717) is 29.8 Å². The number of nitrogens with one attached hydrogen (secondary N) is 2. The molecule has 0 unspecified atom stereocenters. The number of anilines is 2. The Morgan fingerprint density at radius 1 is 1.35 bits per heavy atom. The highest BCUT2D eigenvalue weighted by molar-refractivity contribution is 5.97. The number of hydrogen-bond donors (Lipinski definition) is 3. The Balaban J connectivity index is 1.33. The van der Waals surface area contributed by atoms with Crippen LogP contribution in [0.4, 0.5) is 11.9 Å². The zero-order valence-corrected chi connectivity index (χ0v) is 13.9. The first kappa shape index (κ1) is 15.0. The average molecular weight is 351 g/mol. The van der Waals surface area contributed by atoms with E-state index in [1.54, 1.807) is 12.3 Å². The highest BCUT2D eigenvalue weighted by Crippen LogP contribution is 2.51. The fourth-order valence-corrected chi connectivity index (χ4v) is 4.11. The summed E-state index contributed by atoms with van der Waals surface area (Å²) in [5.41, 5.74) is 6.66. The Labute approximate surface area is 148 Å². The normalized spacial score (nSPS) is 23.8. The third-order valence-electron chi connectivity index (χ3n) is 5.29. The summed E-state index contributed by atoms with van der Waals surface area (Å²) in [5.74, 6) is 1.22. The number of nitrogens with zero attached hydrogens (tertiary/aromatic N) is 6. The SMILES string of the molecule is Nc1ncnc(N2CC3CC2(CNC(=O)c2cc4cncnc4[nH]2)C3)n1. The molecule has 2 aliphatic heterocycles. The lowest BCUT2D eigenvalue weighted by molar-refractivity contribution is 0.0927. The molecule has 0 radical (unpaired) electrons. The molecule has 1 saturated carbocycles. The van der Waals surface area contributed by atoms with Crippen molar-refractivity contribution >= 4 is 28.8 Å². The third kappa shape index (κ3) is 2.25. The number of hydrogen-bond acceptors (Lipinski definition) is 8. The van der Waals surface area contributed by atoms with E-state index in [2.05, 4.69) is 40.1 Å². The van der Waals surface area contributed by atoms with Crippen LogP contribution >= 0.6 is 0 Å². The summed E-state index contributed by atoms with van der Waals surface area (Å²) < 4.78 is 0. The largest absolute Gasteiger partial charge is 0.368 e. The number of amides is 1. The van der Waals surface area contributed by atoms with E-state index >= 15 is 0 Å². The van der Waals surface area contributed by atoms with Gasteiger partial charge in [-0.25, -0.2) is 19.9 Å². The van der Waals surface area contributed by atoms with Crippen molar-refractivity contribution < 1.29 is 4.79 Å². The highest BCUT2D eigenvalue weighted by atomic mass is 16.1. The van der Waals surface area contributed by atoms with Gasteiger partial charge >= 0.3 is 0 Å². The first-order valence-electron chi connectivity index (χ1n) is 8.42. The molecule has 4 N–H and O–H groups in total. The minimum absolute atomic E-state index is 0.153. The maximum absolute atomic E-state index is 12.6. The number of aromatic amines is 1. The number of nitrogens with two attached hydrogens (primary N) is 1. The van der Waals surface area contributed by atoms with Crippen LogP contribution in [0.5, 0.6) is 0 Å². The standard InChI is InChI=1S/C16H17N9O/c17-14-21-8-22-15(24-14)25-5-9-2-16(25,3-9)6-19-13(26)11-1-10-4-18-7-20-12(10)23-11/h1,4,7-9H,2-3,5-6H2,(H,19,26)(H,18,20,23)(H2,17,21,22,24). The summed E-state index contributed by atoms with van der Waals surface area (Å²) in [5, 5.41) is 3.84. The van der Waals surface area contributed by atoms with Crippen molar-refractivity contribution in [2.45, 2.75) is 18.4 Å². The van der Waals surface area contributed by atoms with E-state index in [1.165, 1.54) is 12.7 Å². The Morgan fingerprint density at radius 2 is 2.23 bits per heavy atom. The van der Waals surface area contributed by atoms with Gasteiger partial charge in [-0.1, -0.05) is 0 Å². The predicted octanol–water partition coefficient (Wildman–Crippen LogP) is 0.124. The van der Waals surface area contributed by atoms with E-state index in [-0.39, 0.29) is 17.4 Å². The summed E-state index contributed by atoms with van der Waals surface area (Å²) in [6.45, 7) is 1.40. The van der Waals surface area contributed by atoms with Gasteiger partial charge in [0.05, 0.1) is 5.54 Å². The molecule has 0 atom stereocenters. The molecule has 1 amide bonds. The molecule has 3 fully saturated rings. The van der Waals surface area contributed by atoms with E-state index < -0.39 is 0 Å². The minimum Gasteiger partial charge on any atom is -0.368 e. The summed E-state index contributed by atoms with van der Waals surface area (Å²) in [6.07, 6.45) is 6.57. The maximum Gasteiger partial charge on any atom is 0.267 e. The first-order valence-corrected chi connectivity index (χ1v) is 8.42. The molecule has 3 aromatic rings. The van der Waals surface area contributed by atoms with Gasteiger partial charge < -0.3 is 20.9 Å². The van der Waals surface area contributed by atoms with Crippen molar-refractivity contribution in [3.05, 3.63) is 30.6 Å². The number of nitrogen functional groups attached to an aromatic ring is 1. The molecule has 0 aromatic carbocycles. The van der Waals surface area contributed by atoms with Crippen LogP contribution in [-0.2, 0) is 0 Å². The van der Waals surface area contributed by atoms with E-state index in [0.717, 1.165) is 24.8 Å². The number of H-pyrrole nitrogens is 1. The second-order valence-corrected chi connectivity index (χ2v) is 6.95. The van der Waals surface area contributed by atoms with Gasteiger partial charge in [0.2, 0.25) is 11.9 Å². The van der Waals surface area contributed by atoms with Crippen molar-refractivity contribution in [3.63, 3.8) is 0 Å². The quantitative estimate of drug-likeness (QED) is 0.602. The molecule has 26 heavy (non-hydrogen) atoms. The minimum atomic E-state index is -0.164. The molecule has 10 nitrogen and oxygen atoms in total. The molecule has 2 saturated heterocycles. The molecule has 132 valence electrons. The smallest absolute Gasteiger partial charge is 0.267 e. The summed E-state index contributed by atoms with van der Waals surface area (Å²) >= 11 is 0. The summed E-state index contributed by atoms with van der Waals surface area (Å²) in [4.78, 5) is 38.1. The van der Waals surface area contributed by atoms with Crippen LogP contribution in [0.15, 0.2) is 24.9 Å². The number of carbonyl (C=O) groups excluding carboxylic acids is 1. The molecule has 10 heteroatoms. The third-order valence-corrected chi connectivity index (χ3v) is 5.29. The zero-order valence-electron chi connectivity index (χ0n) is 13.9. The number of fused-ring (bicyclic) bond motifs is 2. The van der Waals surface area contributed by atoms with Crippen LogP contribution in [0.3, 0.4) is 0 Å². The topological polar surface area (TPSA) is 139 Å². The van der Waals surface area contributed by atoms with Gasteiger partial charge in [-0.3, -0.25) is 4.79 Å². The lowest BCUT2D eigenvalue weighted by atomic mass is 9.73. The van der Waals surface area contributed by atoms with Crippen molar-refractivity contribution in [2.75, 3.05) is 23.7 Å². The van der Waals surface area contributed by atoms with Gasteiger partial charge in [-0.2, -0.15) is 4.98 Å². The second kappa shape index (κ2) is 5.35. The van der Waals surface area contributed by atoms with Gasteiger partial charge in [-0.15, -0.1) is 0 Å². The van der Waals surface area contributed by atoms with Crippen LogP contribution < -0.4 is 16.0 Å². The number of carbonyl (C=O) groups is 1. The monoisotopic (exact) mass is 351 g/mol. The van der Waals surface area contributed by atoms with Gasteiger partial charge in [0, 0.05) is 24.7 Å². The lowest BCUT2D eigenvalue weighted by Crippen LogP contribution is -2.54.